The third-order valence-electron chi connectivity index (χ3n) is 18.1. The Labute approximate surface area is 251 Å². The molecule has 1 atom stereocenters. The highest BCUT2D eigenvalue weighted by molar-refractivity contribution is 5.16. The van der Waals surface area contributed by atoms with Crippen LogP contribution in [0.5, 0.6) is 0 Å². The Morgan fingerprint density at radius 2 is 0.436 bits per heavy atom. The van der Waals surface area contributed by atoms with Crippen molar-refractivity contribution in [2.75, 3.05) is 0 Å². The van der Waals surface area contributed by atoms with Gasteiger partial charge in [-0.25, -0.2) is 0 Å². The summed E-state index contributed by atoms with van der Waals surface area (Å²) < 4.78 is 0. The van der Waals surface area contributed by atoms with E-state index < -0.39 is 0 Å². The Hall–Kier alpha value is 0. The van der Waals surface area contributed by atoms with E-state index in [1.165, 1.54) is 0 Å². The van der Waals surface area contributed by atoms with E-state index in [0.29, 0.717) is 11.8 Å². The lowest BCUT2D eigenvalue weighted by Gasteiger charge is -2.72. The van der Waals surface area contributed by atoms with E-state index in [1.54, 1.807) is 0 Å². The van der Waals surface area contributed by atoms with Crippen molar-refractivity contribution in [3.63, 3.8) is 0 Å². The number of hydrogen-bond donors (Lipinski definition) is 0. The zero-order valence-electron chi connectivity index (χ0n) is 32.7. The van der Waals surface area contributed by atoms with Gasteiger partial charge in [0, 0.05) is 0 Å². The average Bonchev–Trinajstić information content (AvgIpc) is 2.70. The Kier molecular flexibility index (Phi) is 10.0. The van der Waals surface area contributed by atoms with Gasteiger partial charge >= 0.3 is 0 Å². The van der Waals surface area contributed by atoms with E-state index in [2.05, 4.69) is 180 Å². The van der Waals surface area contributed by atoms with Crippen LogP contribution in [-0.4, -0.2) is 0 Å². The minimum atomic E-state index is 0.0411. The van der Waals surface area contributed by atoms with Crippen LogP contribution in [0.3, 0.4) is 0 Å². The van der Waals surface area contributed by atoms with Gasteiger partial charge < -0.3 is 0 Å². The van der Waals surface area contributed by atoms with Gasteiger partial charge in [-0.3, -0.25) is 0 Å². The molecule has 0 saturated carbocycles. The van der Waals surface area contributed by atoms with Crippen LogP contribution in [-0.2, 0) is 0 Å². The fourth-order valence-corrected chi connectivity index (χ4v) is 8.61. The molecule has 0 aromatic rings. The van der Waals surface area contributed by atoms with Crippen molar-refractivity contribution in [3.8, 4) is 0 Å². The van der Waals surface area contributed by atoms with Crippen LogP contribution >= 0.6 is 0 Å². The quantitative estimate of drug-likeness (QED) is 0.241. The lowest BCUT2D eigenvalue weighted by atomic mass is 9.32. The second kappa shape index (κ2) is 10.0. The molecule has 236 valence electrons. The lowest BCUT2D eigenvalue weighted by molar-refractivity contribution is -0.241. The fourth-order valence-electron chi connectivity index (χ4n) is 8.61. The average molecular weight is 549 g/mol. The molecule has 0 aliphatic rings. The first-order valence-corrected chi connectivity index (χ1v) is 16.4. The maximum Gasteiger partial charge on any atom is -0.0241 e. The van der Waals surface area contributed by atoms with E-state index in [9.17, 15) is 0 Å². The van der Waals surface area contributed by atoms with Gasteiger partial charge in [-0.2, -0.15) is 0 Å². The molecule has 0 spiro atoms. The van der Waals surface area contributed by atoms with Crippen LogP contribution in [0.15, 0.2) is 0 Å². The summed E-state index contributed by atoms with van der Waals surface area (Å²) in [7, 11) is 0. The normalized spacial score (nSPS) is 17.6. The molecule has 0 aromatic carbocycles. The van der Waals surface area contributed by atoms with Crippen molar-refractivity contribution < 1.29 is 0 Å². The Balaban J connectivity index is 7.26. The standard InChI is InChI=1S/C39H80/c1-27(2)28(3)30(7,8)32(11,12)34(15,16)36(19,20)38(23,24)39(25,26)37(21,22)35(17,18)33(13,14)31(9,10)29(4,5)6/h27-28H,1-26H3. The van der Waals surface area contributed by atoms with Gasteiger partial charge in [0.05, 0.1) is 0 Å². The van der Waals surface area contributed by atoms with Crippen molar-refractivity contribution in [2.24, 2.45) is 71.4 Å². The van der Waals surface area contributed by atoms with Crippen LogP contribution < -0.4 is 0 Å². The monoisotopic (exact) mass is 549 g/mol. The first-order chi connectivity index (χ1) is 16.4. The van der Waals surface area contributed by atoms with Crippen molar-refractivity contribution in [3.05, 3.63) is 0 Å². The van der Waals surface area contributed by atoms with Crippen molar-refractivity contribution in [1.29, 1.82) is 0 Å². The summed E-state index contributed by atoms with van der Waals surface area (Å²) in [4.78, 5) is 0. The molecular formula is C39H80. The zero-order chi connectivity index (χ0) is 32.7. The lowest BCUT2D eigenvalue weighted by Crippen LogP contribution is -2.66. The molecule has 0 aliphatic carbocycles. The van der Waals surface area contributed by atoms with E-state index in [0.717, 1.165) is 0 Å². The first kappa shape index (κ1) is 39.0. The highest BCUT2D eigenvalue weighted by Crippen LogP contribution is 2.75. The van der Waals surface area contributed by atoms with E-state index in [1.807, 2.05) is 0 Å². The van der Waals surface area contributed by atoms with E-state index >= 15 is 0 Å². The van der Waals surface area contributed by atoms with Gasteiger partial charge in [-0.1, -0.05) is 180 Å². The van der Waals surface area contributed by atoms with Gasteiger partial charge in [-0.05, 0) is 71.4 Å². The molecule has 0 saturated heterocycles. The fraction of sp³-hybridized carbons (Fsp3) is 1.00. The Bertz CT molecular complexity index is 837. The highest BCUT2D eigenvalue weighted by Gasteiger charge is 2.68. The first-order valence-electron chi connectivity index (χ1n) is 16.4. The van der Waals surface area contributed by atoms with Gasteiger partial charge in [0.25, 0.3) is 0 Å². The van der Waals surface area contributed by atoms with Gasteiger partial charge in [0.1, 0.15) is 0 Å². The molecule has 0 nitrogen and oxygen atoms in total. The maximum absolute atomic E-state index is 2.60. The summed E-state index contributed by atoms with van der Waals surface area (Å²) in [6, 6.07) is 0. The summed E-state index contributed by atoms with van der Waals surface area (Å²) in [6.45, 7) is 66.0. The van der Waals surface area contributed by atoms with Crippen molar-refractivity contribution >= 4 is 0 Å². The second-order valence-electron chi connectivity index (χ2n) is 20.6. The zero-order valence-corrected chi connectivity index (χ0v) is 32.7. The minimum absolute atomic E-state index is 0.0411. The third-order valence-corrected chi connectivity index (χ3v) is 18.1. The molecule has 0 amide bonds. The SMILES string of the molecule is CC(C)C(C)C(C)(C)C(C)(C)C(C)(C)C(C)(C)C(C)(C)C(C)(C)C(C)(C)C(C)(C)C(C)(C)C(C)(C)C(C)(C)C. The molecule has 0 heteroatoms. The molecule has 0 radical (unpaired) electrons. The smallest absolute Gasteiger partial charge is 0.0241 e. The van der Waals surface area contributed by atoms with Crippen LogP contribution in [0.2, 0.25) is 0 Å². The largest absolute Gasteiger partial charge is 0.0625 e. The highest BCUT2D eigenvalue weighted by atomic mass is 14.7. The van der Waals surface area contributed by atoms with Crippen LogP contribution in [0.1, 0.15) is 180 Å². The third kappa shape index (κ3) is 4.92. The van der Waals surface area contributed by atoms with Crippen LogP contribution in [0.25, 0.3) is 0 Å². The van der Waals surface area contributed by atoms with Gasteiger partial charge in [-0.15, -0.1) is 0 Å². The van der Waals surface area contributed by atoms with Gasteiger partial charge in [0.15, 0.2) is 0 Å². The second-order valence-corrected chi connectivity index (χ2v) is 20.6. The van der Waals surface area contributed by atoms with E-state index in [4.69, 9.17) is 0 Å². The van der Waals surface area contributed by atoms with Crippen molar-refractivity contribution in [2.45, 2.75) is 180 Å². The van der Waals surface area contributed by atoms with Crippen molar-refractivity contribution in [1.82, 2.24) is 0 Å². The predicted octanol–water partition coefficient (Wildman–Crippen LogP) is 13.6. The molecule has 39 heavy (non-hydrogen) atoms. The molecule has 0 fully saturated rings. The molecule has 0 aliphatic heterocycles. The molecule has 0 heterocycles. The van der Waals surface area contributed by atoms with Gasteiger partial charge in [0.2, 0.25) is 0 Å². The molecule has 0 aromatic heterocycles. The maximum atomic E-state index is 2.60. The number of hydrogen-bond acceptors (Lipinski definition) is 0. The van der Waals surface area contributed by atoms with Crippen LogP contribution in [0, 0.1) is 71.4 Å². The van der Waals surface area contributed by atoms with E-state index in [-0.39, 0.29) is 59.6 Å². The molecule has 1 unspecified atom stereocenters. The summed E-state index contributed by atoms with van der Waals surface area (Å²) in [6.07, 6.45) is 0. The summed E-state index contributed by atoms with van der Waals surface area (Å²) in [5.74, 6) is 1.30. The number of rotatable bonds is 11. The predicted molar refractivity (Wildman–Crippen MR) is 181 cm³/mol. The Morgan fingerprint density at radius 1 is 0.256 bits per heavy atom. The Morgan fingerprint density at radius 3 is 0.615 bits per heavy atom. The topological polar surface area (TPSA) is 0 Å². The molecule has 0 rings (SSSR count). The molecular weight excluding hydrogens is 468 g/mol. The minimum Gasteiger partial charge on any atom is -0.0625 e. The summed E-state index contributed by atoms with van der Waals surface area (Å²) >= 11 is 0. The molecule has 0 bridgehead atoms. The summed E-state index contributed by atoms with van der Waals surface area (Å²) in [5, 5.41) is 0. The summed E-state index contributed by atoms with van der Waals surface area (Å²) in [5.41, 5.74) is 1.09. The molecule has 0 N–H and O–H groups in total. The van der Waals surface area contributed by atoms with Crippen LogP contribution in [0.4, 0.5) is 0 Å².